The number of hydrogen-bond acceptors (Lipinski definition) is 4. The van der Waals surface area contributed by atoms with Gasteiger partial charge in [0, 0.05) is 25.9 Å². The maximum absolute atomic E-state index is 12.1. The minimum absolute atomic E-state index is 0.0406. The quantitative estimate of drug-likeness (QED) is 0.520. The number of nitrogens with one attached hydrogen (secondary N) is 2. The van der Waals surface area contributed by atoms with Gasteiger partial charge in [-0.15, -0.1) is 0 Å². The van der Waals surface area contributed by atoms with E-state index in [1.54, 1.807) is 6.07 Å². The number of fused-ring (bicyclic) bond motifs is 1. The minimum Gasteiger partial charge on any atom is -0.356 e. The lowest BCUT2D eigenvalue weighted by Crippen LogP contribution is -2.28. The van der Waals surface area contributed by atoms with Crippen molar-refractivity contribution in [2.24, 2.45) is 0 Å². The lowest BCUT2D eigenvalue weighted by molar-refractivity contribution is -0.121. The largest absolute Gasteiger partial charge is 0.356 e. The summed E-state index contributed by atoms with van der Waals surface area (Å²) in [7, 11) is 2.09. The van der Waals surface area contributed by atoms with E-state index in [2.05, 4.69) is 39.4 Å². The maximum Gasteiger partial charge on any atom is 0.258 e. The molecule has 152 valence electrons. The van der Waals surface area contributed by atoms with Gasteiger partial charge in [-0.1, -0.05) is 42.5 Å². The fourth-order valence-electron chi connectivity index (χ4n) is 3.31. The van der Waals surface area contributed by atoms with E-state index in [1.807, 2.05) is 36.4 Å². The van der Waals surface area contributed by atoms with Gasteiger partial charge in [-0.25, -0.2) is 4.98 Å². The Morgan fingerprint density at radius 1 is 1.07 bits per heavy atom. The first-order chi connectivity index (χ1) is 14.1. The first kappa shape index (κ1) is 20.7. The van der Waals surface area contributed by atoms with E-state index in [0.717, 1.165) is 19.5 Å². The second-order valence-electron chi connectivity index (χ2n) is 7.31. The van der Waals surface area contributed by atoms with Crippen molar-refractivity contribution in [2.45, 2.75) is 32.2 Å². The molecule has 6 heteroatoms. The molecule has 0 saturated heterocycles. The van der Waals surface area contributed by atoms with Crippen molar-refractivity contribution in [3.05, 3.63) is 76.3 Å². The third-order valence-corrected chi connectivity index (χ3v) is 4.81. The molecule has 0 aliphatic heterocycles. The molecular weight excluding hydrogens is 364 g/mol. The molecule has 0 radical (unpaired) electrons. The standard InChI is InChI=1S/C23H28N4O2/c1-27(17-18-9-3-2-4-10-18)16-8-15-24-22(28)14-7-13-21-25-20-12-6-5-11-19(20)23(29)26-21/h2-6,9-12H,7-8,13-17H2,1H3,(H,24,28)(H,25,26,29). The maximum atomic E-state index is 12.1. The normalized spacial score (nSPS) is 11.1. The van der Waals surface area contributed by atoms with Crippen LogP contribution in [0.1, 0.15) is 30.7 Å². The fraction of sp³-hybridized carbons (Fsp3) is 0.348. The lowest BCUT2D eigenvalue weighted by Gasteiger charge is -2.16. The summed E-state index contributed by atoms with van der Waals surface area (Å²) in [6, 6.07) is 17.6. The van der Waals surface area contributed by atoms with E-state index in [-0.39, 0.29) is 11.5 Å². The second-order valence-corrected chi connectivity index (χ2v) is 7.31. The van der Waals surface area contributed by atoms with Gasteiger partial charge in [-0.3, -0.25) is 9.59 Å². The van der Waals surface area contributed by atoms with E-state index in [4.69, 9.17) is 0 Å². The average Bonchev–Trinajstić information content (AvgIpc) is 2.72. The summed E-state index contributed by atoms with van der Waals surface area (Å²) in [5.74, 6) is 0.669. The fourth-order valence-corrected chi connectivity index (χ4v) is 3.31. The van der Waals surface area contributed by atoms with Crippen molar-refractivity contribution in [2.75, 3.05) is 20.1 Å². The van der Waals surface area contributed by atoms with Crippen molar-refractivity contribution in [1.82, 2.24) is 20.2 Å². The Morgan fingerprint density at radius 3 is 2.66 bits per heavy atom. The van der Waals surface area contributed by atoms with Crippen LogP contribution in [0.4, 0.5) is 0 Å². The number of hydrogen-bond donors (Lipinski definition) is 2. The number of aromatic nitrogens is 2. The molecule has 0 aliphatic carbocycles. The van der Waals surface area contributed by atoms with Crippen LogP contribution in [0.3, 0.4) is 0 Å². The second kappa shape index (κ2) is 10.5. The van der Waals surface area contributed by atoms with Gasteiger partial charge >= 0.3 is 0 Å². The molecule has 6 nitrogen and oxygen atoms in total. The zero-order valence-electron chi connectivity index (χ0n) is 16.9. The highest BCUT2D eigenvalue weighted by Crippen LogP contribution is 2.07. The Morgan fingerprint density at radius 2 is 1.83 bits per heavy atom. The average molecular weight is 393 g/mol. The Bertz CT molecular complexity index is 985. The van der Waals surface area contributed by atoms with Gasteiger partial charge in [-0.2, -0.15) is 0 Å². The summed E-state index contributed by atoms with van der Waals surface area (Å²) in [4.78, 5) is 33.6. The van der Waals surface area contributed by atoms with Gasteiger partial charge in [0.15, 0.2) is 0 Å². The van der Waals surface area contributed by atoms with Crippen LogP contribution in [0, 0.1) is 0 Å². The zero-order valence-corrected chi connectivity index (χ0v) is 16.9. The molecule has 1 heterocycles. The smallest absolute Gasteiger partial charge is 0.258 e. The predicted molar refractivity (Wildman–Crippen MR) is 116 cm³/mol. The van der Waals surface area contributed by atoms with Gasteiger partial charge in [0.2, 0.25) is 5.91 Å². The number of rotatable bonds is 10. The van der Waals surface area contributed by atoms with E-state index < -0.39 is 0 Å². The molecule has 0 atom stereocenters. The van der Waals surface area contributed by atoms with Crippen LogP contribution in [-0.4, -0.2) is 40.9 Å². The molecule has 0 fully saturated rings. The van der Waals surface area contributed by atoms with Crippen LogP contribution < -0.4 is 10.9 Å². The van der Waals surface area contributed by atoms with Crippen LogP contribution in [0.15, 0.2) is 59.4 Å². The number of benzene rings is 2. The molecule has 0 spiro atoms. The van der Waals surface area contributed by atoms with E-state index in [9.17, 15) is 9.59 Å². The van der Waals surface area contributed by atoms with E-state index >= 15 is 0 Å². The third-order valence-electron chi connectivity index (χ3n) is 4.81. The molecule has 29 heavy (non-hydrogen) atoms. The van der Waals surface area contributed by atoms with Crippen molar-refractivity contribution < 1.29 is 4.79 Å². The third kappa shape index (κ3) is 6.54. The van der Waals surface area contributed by atoms with Crippen LogP contribution in [0.5, 0.6) is 0 Å². The number of para-hydroxylation sites is 1. The van der Waals surface area contributed by atoms with Crippen LogP contribution in [0.25, 0.3) is 10.9 Å². The highest BCUT2D eigenvalue weighted by Gasteiger charge is 2.06. The highest BCUT2D eigenvalue weighted by molar-refractivity contribution is 5.77. The molecule has 0 bridgehead atoms. The predicted octanol–water partition coefficient (Wildman–Crippen LogP) is 2.88. The minimum atomic E-state index is -0.130. The van der Waals surface area contributed by atoms with Gasteiger partial charge < -0.3 is 15.2 Å². The molecule has 0 aliphatic rings. The van der Waals surface area contributed by atoms with Gasteiger partial charge in [0.25, 0.3) is 5.56 Å². The SMILES string of the molecule is CN(CCCNC(=O)CCCc1nc2ccccc2c(=O)[nH]1)Cc1ccccc1. The highest BCUT2D eigenvalue weighted by atomic mass is 16.1. The number of carbonyl (C=O) groups is 1. The van der Waals surface area contributed by atoms with Gasteiger partial charge in [0.05, 0.1) is 10.9 Å². The van der Waals surface area contributed by atoms with Crippen molar-refractivity contribution in [3.63, 3.8) is 0 Å². The number of aromatic amines is 1. The van der Waals surface area contributed by atoms with Crippen LogP contribution >= 0.6 is 0 Å². The molecule has 3 rings (SSSR count). The molecule has 2 aromatic carbocycles. The first-order valence-corrected chi connectivity index (χ1v) is 10.1. The van der Waals surface area contributed by atoms with Crippen molar-refractivity contribution >= 4 is 16.8 Å². The Hall–Kier alpha value is -2.99. The Labute approximate surface area is 171 Å². The van der Waals surface area contributed by atoms with Gasteiger partial charge in [0.1, 0.15) is 5.82 Å². The molecule has 0 saturated carbocycles. The lowest BCUT2D eigenvalue weighted by atomic mass is 10.2. The molecule has 2 N–H and O–H groups in total. The van der Waals surface area contributed by atoms with Gasteiger partial charge in [-0.05, 0) is 44.1 Å². The summed E-state index contributed by atoms with van der Waals surface area (Å²) in [6.07, 6.45) is 2.57. The van der Waals surface area contributed by atoms with Crippen LogP contribution in [-0.2, 0) is 17.8 Å². The van der Waals surface area contributed by atoms with Crippen molar-refractivity contribution in [3.8, 4) is 0 Å². The molecule has 3 aromatic rings. The Balaban J connectivity index is 1.33. The summed E-state index contributed by atoms with van der Waals surface area (Å²) in [6.45, 7) is 2.51. The van der Waals surface area contributed by atoms with E-state index in [0.29, 0.717) is 42.5 Å². The van der Waals surface area contributed by atoms with E-state index in [1.165, 1.54) is 5.56 Å². The summed E-state index contributed by atoms with van der Waals surface area (Å²) in [5.41, 5.74) is 1.85. The number of carbonyl (C=O) groups excluding carboxylic acids is 1. The molecule has 1 amide bonds. The number of H-pyrrole nitrogens is 1. The summed E-state index contributed by atoms with van der Waals surface area (Å²) < 4.78 is 0. The van der Waals surface area contributed by atoms with Crippen LogP contribution in [0.2, 0.25) is 0 Å². The summed E-state index contributed by atoms with van der Waals surface area (Å²) >= 11 is 0. The van der Waals surface area contributed by atoms with Crippen molar-refractivity contribution in [1.29, 1.82) is 0 Å². The molecule has 1 aromatic heterocycles. The summed E-state index contributed by atoms with van der Waals surface area (Å²) in [5, 5.41) is 3.56. The number of nitrogens with zero attached hydrogens (tertiary/aromatic N) is 2. The Kier molecular flexibility index (Phi) is 7.53. The number of amides is 1. The first-order valence-electron chi connectivity index (χ1n) is 10.1. The zero-order chi connectivity index (χ0) is 20.5. The topological polar surface area (TPSA) is 78.1 Å². The molecule has 0 unspecified atom stereocenters. The number of aryl methyl sites for hydroxylation is 1. The monoisotopic (exact) mass is 392 g/mol. The molecular formula is C23H28N4O2.